The number of rotatable bonds is 4. The largest absolute Gasteiger partial charge is 0.478 e. The number of ether oxygens (including phenoxy) is 4. The molecule has 12 nitrogen and oxygen atoms in total. The van der Waals surface area contributed by atoms with Crippen molar-refractivity contribution in [3.63, 3.8) is 0 Å². The van der Waals surface area contributed by atoms with E-state index in [2.05, 4.69) is 4.74 Å². The Balaban J connectivity index is 0.000000437. The van der Waals surface area contributed by atoms with Crippen molar-refractivity contribution in [1.82, 2.24) is 0 Å². The van der Waals surface area contributed by atoms with Crippen LogP contribution in [0.2, 0.25) is 0 Å². The maximum atomic E-state index is 12.1. The van der Waals surface area contributed by atoms with Gasteiger partial charge in [-0.15, -0.1) is 0 Å². The maximum Gasteiger partial charge on any atom is 0.339 e. The first-order valence-corrected chi connectivity index (χ1v) is 9.82. The van der Waals surface area contributed by atoms with Gasteiger partial charge in [-0.25, -0.2) is 28.8 Å². The first kappa shape index (κ1) is 27.8. The summed E-state index contributed by atoms with van der Waals surface area (Å²) < 4.78 is 19.3. The van der Waals surface area contributed by atoms with Gasteiger partial charge in [-0.2, -0.15) is 0 Å². The van der Waals surface area contributed by atoms with E-state index in [0.29, 0.717) is 0 Å². The standard InChI is InChI=1S/C15H16O8.C7H8O4/c1-7(12(16)17)4-10-11(5-8(2)13(18)19)15(21)23-9(3)6-22-14(10)20;1-5-4-10-6(8)2-3-7(9)11-5/h4-5,9H,6H2,1-3H3,(H,16,17)(H,18,19);2-3,5H,4H2,1H3/b7-4?,8-5?,11-10+;3-2+. The van der Waals surface area contributed by atoms with Gasteiger partial charge in [0.15, 0.2) is 0 Å². The van der Waals surface area contributed by atoms with Crippen molar-refractivity contribution < 1.29 is 57.9 Å². The van der Waals surface area contributed by atoms with Crippen LogP contribution in [0, 0.1) is 0 Å². The molecule has 0 saturated heterocycles. The maximum absolute atomic E-state index is 12.1. The number of hydrogen-bond acceptors (Lipinski definition) is 10. The summed E-state index contributed by atoms with van der Waals surface area (Å²) in [6, 6.07) is 0. The molecule has 2 aliphatic heterocycles. The smallest absolute Gasteiger partial charge is 0.339 e. The van der Waals surface area contributed by atoms with E-state index in [1.54, 1.807) is 6.92 Å². The lowest BCUT2D eigenvalue weighted by Crippen LogP contribution is -2.28. The Labute approximate surface area is 194 Å². The van der Waals surface area contributed by atoms with Gasteiger partial charge in [-0.1, -0.05) is 0 Å². The molecule has 0 saturated carbocycles. The lowest BCUT2D eigenvalue weighted by Gasteiger charge is -2.19. The Morgan fingerprint density at radius 1 is 0.765 bits per heavy atom. The van der Waals surface area contributed by atoms with Gasteiger partial charge in [0.05, 0.1) is 11.1 Å². The second-order valence-electron chi connectivity index (χ2n) is 7.12. The van der Waals surface area contributed by atoms with Crippen molar-refractivity contribution in [2.45, 2.75) is 39.9 Å². The molecular formula is C22H24O12. The highest BCUT2D eigenvalue weighted by atomic mass is 16.6. The quantitative estimate of drug-likeness (QED) is 0.330. The van der Waals surface area contributed by atoms with Gasteiger partial charge < -0.3 is 29.2 Å². The van der Waals surface area contributed by atoms with E-state index in [4.69, 9.17) is 24.4 Å². The average Bonchev–Trinajstić information content (AvgIpc) is 2.75. The van der Waals surface area contributed by atoms with Crippen molar-refractivity contribution in [2.24, 2.45) is 0 Å². The summed E-state index contributed by atoms with van der Waals surface area (Å²) in [5.74, 6) is -5.47. The van der Waals surface area contributed by atoms with Crippen LogP contribution in [-0.4, -0.2) is 71.5 Å². The predicted octanol–water partition coefficient (Wildman–Crippen LogP) is 0.864. The molecule has 2 unspecified atom stereocenters. The minimum atomic E-state index is -1.30. The molecule has 0 aromatic carbocycles. The molecule has 0 spiro atoms. The highest BCUT2D eigenvalue weighted by Gasteiger charge is 2.27. The second kappa shape index (κ2) is 12.7. The second-order valence-corrected chi connectivity index (χ2v) is 7.12. The van der Waals surface area contributed by atoms with E-state index in [9.17, 15) is 28.8 Å². The molecule has 0 aromatic rings. The number of esters is 4. The zero-order valence-corrected chi connectivity index (χ0v) is 18.9. The number of carboxylic acid groups (broad SMARTS) is 2. The van der Waals surface area contributed by atoms with Crippen LogP contribution in [0.1, 0.15) is 27.7 Å². The van der Waals surface area contributed by atoms with Gasteiger partial charge in [0.1, 0.15) is 25.4 Å². The van der Waals surface area contributed by atoms with Gasteiger partial charge in [0, 0.05) is 23.3 Å². The van der Waals surface area contributed by atoms with Crippen LogP contribution in [-0.2, 0) is 47.7 Å². The summed E-state index contributed by atoms with van der Waals surface area (Å²) in [6.07, 6.45) is 2.92. The molecule has 12 heteroatoms. The highest BCUT2D eigenvalue weighted by molar-refractivity contribution is 6.07. The Kier molecular flexibility index (Phi) is 10.4. The average molecular weight is 480 g/mol. The summed E-state index contributed by atoms with van der Waals surface area (Å²) in [7, 11) is 0. The molecule has 2 N–H and O–H groups in total. The summed E-state index contributed by atoms with van der Waals surface area (Å²) in [6.45, 7) is 5.53. The summed E-state index contributed by atoms with van der Waals surface area (Å²) in [4.78, 5) is 67.4. The molecule has 0 fully saturated rings. The first-order chi connectivity index (χ1) is 15.8. The molecule has 0 bridgehead atoms. The monoisotopic (exact) mass is 480 g/mol. The summed E-state index contributed by atoms with van der Waals surface area (Å²) in [5, 5.41) is 17.9. The molecule has 34 heavy (non-hydrogen) atoms. The molecule has 184 valence electrons. The van der Waals surface area contributed by atoms with E-state index in [0.717, 1.165) is 24.3 Å². The lowest BCUT2D eigenvalue weighted by atomic mass is 10.0. The summed E-state index contributed by atoms with van der Waals surface area (Å²) >= 11 is 0. The molecule has 2 atom stereocenters. The minimum Gasteiger partial charge on any atom is -0.478 e. The Hall–Kier alpha value is -4.22. The van der Waals surface area contributed by atoms with Crippen LogP contribution in [0.3, 0.4) is 0 Å². The molecule has 2 rings (SSSR count). The summed E-state index contributed by atoms with van der Waals surface area (Å²) in [5.41, 5.74) is -1.20. The number of carbonyl (C=O) groups is 6. The Morgan fingerprint density at radius 3 is 1.74 bits per heavy atom. The van der Waals surface area contributed by atoms with Gasteiger partial charge in [0.2, 0.25) is 0 Å². The molecule has 0 aromatic heterocycles. The van der Waals surface area contributed by atoms with Crippen molar-refractivity contribution >= 4 is 35.8 Å². The predicted molar refractivity (Wildman–Crippen MR) is 112 cm³/mol. The topological polar surface area (TPSA) is 180 Å². The number of aliphatic carboxylic acids is 2. The van der Waals surface area contributed by atoms with Gasteiger partial charge >= 0.3 is 35.8 Å². The van der Waals surface area contributed by atoms with Crippen LogP contribution in [0.5, 0.6) is 0 Å². The van der Waals surface area contributed by atoms with Crippen molar-refractivity contribution in [1.29, 1.82) is 0 Å². The van der Waals surface area contributed by atoms with Crippen molar-refractivity contribution in [3.8, 4) is 0 Å². The Bertz CT molecular complexity index is 995. The van der Waals surface area contributed by atoms with E-state index in [-0.39, 0.29) is 41.6 Å². The molecular weight excluding hydrogens is 456 g/mol. The zero-order chi connectivity index (χ0) is 26.0. The normalized spacial score (nSPS) is 24.9. The lowest BCUT2D eigenvalue weighted by molar-refractivity contribution is -0.155. The Morgan fingerprint density at radius 2 is 1.21 bits per heavy atom. The number of carbonyl (C=O) groups excluding carboxylic acids is 4. The van der Waals surface area contributed by atoms with Crippen LogP contribution in [0.4, 0.5) is 0 Å². The minimum absolute atomic E-state index is 0.120. The van der Waals surface area contributed by atoms with E-state index in [1.165, 1.54) is 20.8 Å². The van der Waals surface area contributed by atoms with Crippen LogP contribution >= 0.6 is 0 Å². The molecule has 0 amide bonds. The third-order valence-corrected chi connectivity index (χ3v) is 4.02. The van der Waals surface area contributed by atoms with E-state index >= 15 is 0 Å². The van der Waals surface area contributed by atoms with Crippen LogP contribution in [0.15, 0.2) is 46.6 Å². The zero-order valence-electron chi connectivity index (χ0n) is 18.9. The fourth-order valence-corrected chi connectivity index (χ4v) is 2.26. The SMILES string of the molecule is CC(=C/C1=C(/C=C(C)C(=O)O)C(=O)OC(C)COC1=O)C(=O)O.CC1COC(=O)/C=C/C(=O)O1. The van der Waals surface area contributed by atoms with Crippen LogP contribution < -0.4 is 0 Å². The fraction of sp³-hybridized carbons (Fsp3) is 0.364. The fourth-order valence-electron chi connectivity index (χ4n) is 2.26. The third kappa shape index (κ3) is 9.10. The van der Waals surface area contributed by atoms with Gasteiger partial charge in [-0.3, -0.25) is 0 Å². The molecule has 0 radical (unpaired) electrons. The van der Waals surface area contributed by atoms with Gasteiger partial charge in [0.25, 0.3) is 0 Å². The van der Waals surface area contributed by atoms with Crippen LogP contribution in [0.25, 0.3) is 0 Å². The van der Waals surface area contributed by atoms with E-state index in [1.807, 2.05) is 0 Å². The molecule has 2 aliphatic rings. The van der Waals surface area contributed by atoms with Crippen molar-refractivity contribution in [3.05, 3.63) is 46.6 Å². The number of carboxylic acids is 2. The third-order valence-electron chi connectivity index (χ3n) is 4.02. The number of hydrogen-bond donors (Lipinski definition) is 2. The number of cyclic esters (lactones) is 4. The molecule has 0 aliphatic carbocycles. The van der Waals surface area contributed by atoms with Crippen molar-refractivity contribution in [2.75, 3.05) is 13.2 Å². The van der Waals surface area contributed by atoms with Gasteiger partial charge in [-0.05, 0) is 39.8 Å². The highest BCUT2D eigenvalue weighted by Crippen LogP contribution is 2.20. The van der Waals surface area contributed by atoms with E-state index < -0.39 is 41.9 Å². The molecule has 2 heterocycles. The first-order valence-electron chi connectivity index (χ1n) is 9.82.